The lowest BCUT2D eigenvalue weighted by atomic mass is 10.2. The summed E-state index contributed by atoms with van der Waals surface area (Å²) < 4.78 is 25.5. The zero-order valence-electron chi connectivity index (χ0n) is 14.8. The molecule has 0 atom stereocenters. The average molecular weight is 409 g/mol. The van der Waals surface area contributed by atoms with Crippen LogP contribution in [0.3, 0.4) is 0 Å². The number of rotatable bonds is 6. The second kappa shape index (κ2) is 8.15. The van der Waals surface area contributed by atoms with Gasteiger partial charge < -0.3 is 10.6 Å². The standard InChI is InChI=1S/C17H20N4O4S2/c1-2-27(24,25)21-9-8-13-14(11-21)26-17(19-13)20-15(22)10-18-16(23)12-6-4-3-5-7-12/h3-7H,2,8-11H2,1H3,(H,18,23)(H,19,20,22). The van der Waals surface area contributed by atoms with Crippen molar-refractivity contribution in [3.63, 3.8) is 0 Å². The number of thiazole rings is 1. The van der Waals surface area contributed by atoms with Crippen molar-refractivity contribution in [3.8, 4) is 0 Å². The first kappa shape index (κ1) is 19.5. The van der Waals surface area contributed by atoms with E-state index in [-0.39, 0.29) is 30.7 Å². The van der Waals surface area contributed by atoms with Gasteiger partial charge in [-0.3, -0.25) is 9.59 Å². The molecule has 0 saturated carbocycles. The summed E-state index contributed by atoms with van der Waals surface area (Å²) in [6.07, 6.45) is 0.520. The zero-order chi connectivity index (χ0) is 19.4. The highest BCUT2D eigenvalue weighted by Crippen LogP contribution is 2.29. The van der Waals surface area contributed by atoms with E-state index >= 15 is 0 Å². The lowest BCUT2D eigenvalue weighted by Crippen LogP contribution is -2.36. The van der Waals surface area contributed by atoms with E-state index < -0.39 is 10.0 Å². The van der Waals surface area contributed by atoms with E-state index in [0.29, 0.717) is 23.7 Å². The Hall–Kier alpha value is -2.30. The van der Waals surface area contributed by atoms with E-state index in [4.69, 9.17) is 0 Å². The van der Waals surface area contributed by atoms with Crippen LogP contribution >= 0.6 is 11.3 Å². The van der Waals surface area contributed by atoms with E-state index in [0.717, 1.165) is 10.6 Å². The number of carbonyl (C=O) groups excluding carboxylic acids is 2. The maximum atomic E-state index is 12.1. The summed E-state index contributed by atoms with van der Waals surface area (Å²) in [5, 5.41) is 5.62. The van der Waals surface area contributed by atoms with Crippen LogP contribution in [0.25, 0.3) is 0 Å². The third kappa shape index (κ3) is 4.71. The monoisotopic (exact) mass is 408 g/mol. The van der Waals surface area contributed by atoms with Crippen LogP contribution < -0.4 is 10.6 Å². The highest BCUT2D eigenvalue weighted by molar-refractivity contribution is 7.89. The summed E-state index contributed by atoms with van der Waals surface area (Å²) in [5.41, 5.74) is 1.29. The van der Waals surface area contributed by atoms with Gasteiger partial charge in [-0.05, 0) is 19.1 Å². The molecule has 0 spiro atoms. The van der Waals surface area contributed by atoms with Gasteiger partial charge in [0.05, 0.1) is 18.0 Å². The molecule has 3 rings (SSSR count). The zero-order valence-corrected chi connectivity index (χ0v) is 16.4. The van der Waals surface area contributed by atoms with Gasteiger partial charge >= 0.3 is 0 Å². The number of fused-ring (bicyclic) bond motifs is 1. The van der Waals surface area contributed by atoms with Crippen molar-refractivity contribution < 1.29 is 18.0 Å². The van der Waals surface area contributed by atoms with Crippen molar-refractivity contribution in [1.29, 1.82) is 0 Å². The summed E-state index contributed by atoms with van der Waals surface area (Å²) in [7, 11) is -3.24. The third-order valence-electron chi connectivity index (χ3n) is 4.15. The molecule has 1 aromatic heterocycles. The molecule has 27 heavy (non-hydrogen) atoms. The van der Waals surface area contributed by atoms with Gasteiger partial charge in [0.15, 0.2) is 5.13 Å². The van der Waals surface area contributed by atoms with Crippen LogP contribution in [-0.2, 0) is 27.8 Å². The van der Waals surface area contributed by atoms with Crippen molar-refractivity contribution in [1.82, 2.24) is 14.6 Å². The number of sulfonamides is 1. The predicted octanol–water partition coefficient (Wildman–Crippen LogP) is 1.22. The number of benzene rings is 1. The van der Waals surface area contributed by atoms with Crippen LogP contribution in [-0.4, -0.2) is 48.4 Å². The van der Waals surface area contributed by atoms with E-state index in [2.05, 4.69) is 15.6 Å². The van der Waals surface area contributed by atoms with E-state index in [1.165, 1.54) is 15.6 Å². The van der Waals surface area contributed by atoms with Crippen molar-refractivity contribution >= 4 is 38.3 Å². The maximum absolute atomic E-state index is 12.1. The molecular weight excluding hydrogens is 388 g/mol. The Labute approximate surface area is 161 Å². The van der Waals surface area contributed by atoms with Crippen LogP contribution in [0.5, 0.6) is 0 Å². The molecule has 1 aliphatic heterocycles. The van der Waals surface area contributed by atoms with Crippen molar-refractivity contribution in [2.75, 3.05) is 24.2 Å². The van der Waals surface area contributed by atoms with Gasteiger partial charge in [-0.2, -0.15) is 4.31 Å². The first-order chi connectivity index (χ1) is 12.9. The summed E-state index contributed by atoms with van der Waals surface area (Å²) >= 11 is 1.26. The van der Waals surface area contributed by atoms with Gasteiger partial charge in [0.25, 0.3) is 5.91 Å². The maximum Gasteiger partial charge on any atom is 0.251 e. The SMILES string of the molecule is CCS(=O)(=O)N1CCc2nc(NC(=O)CNC(=O)c3ccccc3)sc2C1. The Morgan fingerprint density at radius 1 is 1.26 bits per heavy atom. The Morgan fingerprint density at radius 2 is 2.00 bits per heavy atom. The number of nitrogens with one attached hydrogen (secondary N) is 2. The normalized spacial score (nSPS) is 14.4. The van der Waals surface area contributed by atoms with Gasteiger partial charge in [-0.15, -0.1) is 11.3 Å². The highest BCUT2D eigenvalue weighted by Gasteiger charge is 2.28. The molecule has 1 aromatic carbocycles. The van der Waals surface area contributed by atoms with Crippen molar-refractivity contribution in [2.45, 2.75) is 19.9 Å². The second-order valence-electron chi connectivity index (χ2n) is 5.97. The van der Waals surface area contributed by atoms with Crippen LogP contribution in [0.2, 0.25) is 0 Å². The molecular formula is C17H20N4O4S2. The van der Waals surface area contributed by atoms with Crippen LogP contribution in [0.1, 0.15) is 27.9 Å². The molecule has 2 amide bonds. The molecule has 2 aromatic rings. The molecule has 144 valence electrons. The van der Waals surface area contributed by atoms with Gasteiger partial charge in [0.2, 0.25) is 15.9 Å². The average Bonchev–Trinajstić information content (AvgIpc) is 3.08. The minimum atomic E-state index is -3.24. The number of carbonyl (C=O) groups is 2. The van der Waals surface area contributed by atoms with Crippen LogP contribution in [0, 0.1) is 0 Å². The molecule has 0 saturated heterocycles. The Balaban J connectivity index is 1.56. The number of amides is 2. The van der Waals surface area contributed by atoms with E-state index in [1.54, 1.807) is 37.3 Å². The quantitative estimate of drug-likeness (QED) is 0.747. The first-order valence-corrected chi connectivity index (χ1v) is 10.9. The molecule has 10 heteroatoms. The van der Waals surface area contributed by atoms with E-state index in [1.807, 2.05) is 0 Å². The minimum Gasteiger partial charge on any atom is -0.343 e. The third-order valence-corrected chi connectivity index (χ3v) is 6.97. The molecule has 2 heterocycles. The molecule has 0 fully saturated rings. The fourth-order valence-corrected chi connectivity index (χ4v) is 4.84. The fourth-order valence-electron chi connectivity index (χ4n) is 2.66. The van der Waals surface area contributed by atoms with E-state index in [9.17, 15) is 18.0 Å². The van der Waals surface area contributed by atoms with Gasteiger partial charge in [-0.1, -0.05) is 18.2 Å². The first-order valence-electron chi connectivity index (χ1n) is 8.48. The van der Waals surface area contributed by atoms with Crippen molar-refractivity contribution in [2.24, 2.45) is 0 Å². The topological polar surface area (TPSA) is 108 Å². The minimum absolute atomic E-state index is 0.0614. The summed E-state index contributed by atoms with van der Waals surface area (Å²) in [6, 6.07) is 8.63. The predicted molar refractivity (Wildman–Crippen MR) is 103 cm³/mol. The Morgan fingerprint density at radius 3 is 2.70 bits per heavy atom. The number of nitrogens with zero attached hydrogens (tertiary/aromatic N) is 2. The largest absolute Gasteiger partial charge is 0.343 e. The van der Waals surface area contributed by atoms with Gasteiger partial charge in [0.1, 0.15) is 0 Å². The Kier molecular flexibility index (Phi) is 5.88. The fraction of sp³-hybridized carbons (Fsp3) is 0.353. The number of hydrogen-bond acceptors (Lipinski definition) is 6. The summed E-state index contributed by atoms with van der Waals surface area (Å²) in [5.74, 6) is -0.653. The molecule has 8 nitrogen and oxygen atoms in total. The summed E-state index contributed by atoms with van der Waals surface area (Å²) in [6.45, 7) is 2.12. The molecule has 0 radical (unpaired) electrons. The number of hydrogen-bond donors (Lipinski definition) is 2. The highest BCUT2D eigenvalue weighted by atomic mass is 32.2. The molecule has 1 aliphatic rings. The smallest absolute Gasteiger partial charge is 0.251 e. The van der Waals surface area contributed by atoms with Gasteiger partial charge in [0, 0.05) is 30.0 Å². The van der Waals surface area contributed by atoms with Crippen molar-refractivity contribution in [3.05, 3.63) is 46.5 Å². The van der Waals surface area contributed by atoms with Crippen LogP contribution in [0.15, 0.2) is 30.3 Å². The Bertz CT molecular complexity index is 941. The summed E-state index contributed by atoms with van der Waals surface area (Å²) in [4.78, 5) is 29.2. The molecule has 0 aliphatic carbocycles. The number of aromatic nitrogens is 1. The lowest BCUT2D eigenvalue weighted by molar-refractivity contribution is -0.115. The van der Waals surface area contributed by atoms with Gasteiger partial charge in [-0.25, -0.2) is 13.4 Å². The second-order valence-corrected chi connectivity index (χ2v) is 9.31. The molecule has 0 unspecified atom stereocenters. The van der Waals surface area contributed by atoms with Crippen LogP contribution in [0.4, 0.5) is 5.13 Å². The lowest BCUT2D eigenvalue weighted by Gasteiger charge is -2.24. The number of anilines is 1. The molecule has 0 bridgehead atoms. The molecule has 2 N–H and O–H groups in total.